The molecule has 0 bridgehead atoms. The summed E-state index contributed by atoms with van der Waals surface area (Å²) in [5, 5.41) is 0. The van der Waals surface area contributed by atoms with Gasteiger partial charge in [-0.15, -0.1) is 0 Å². The van der Waals surface area contributed by atoms with Crippen LogP contribution in [-0.2, 0) is 6.42 Å². The molecule has 4 aromatic rings. The van der Waals surface area contributed by atoms with Crippen molar-refractivity contribution in [2.24, 2.45) is 9.98 Å². The van der Waals surface area contributed by atoms with Crippen LogP contribution in [0.3, 0.4) is 0 Å². The Hall–Kier alpha value is -3.92. The van der Waals surface area contributed by atoms with E-state index in [1.165, 1.54) is 33.4 Å². The Balaban J connectivity index is 1.54. The van der Waals surface area contributed by atoms with Gasteiger partial charge in [0.15, 0.2) is 0 Å². The van der Waals surface area contributed by atoms with E-state index >= 15 is 0 Å². The number of hydrogen-bond donors (Lipinski definition) is 0. The minimum absolute atomic E-state index is 0.858. The first-order chi connectivity index (χ1) is 16.0. The van der Waals surface area contributed by atoms with Crippen LogP contribution in [0.25, 0.3) is 0 Å². The van der Waals surface area contributed by atoms with Crippen LogP contribution in [-0.4, -0.2) is 22.4 Å². The summed E-state index contributed by atoms with van der Waals surface area (Å²) in [7, 11) is 0. The normalized spacial score (nSPS) is 11.5. The van der Waals surface area contributed by atoms with Gasteiger partial charge in [-0.05, 0) is 91.8 Å². The minimum Gasteiger partial charge on any atom is -0.255 e. The second-order valence-corrected chi connectivity index (χ2v) is 8.36. The Morgan fingerprint density at radius 1 is 0.606 bits per heavy atom. The number of hydrogen-bond acceptors (Lipinski definition) is 4. The predicted molar refractivity (Wildman–Crippen MR) is 138 cm³/mol. The predicted octanol–water partition coefficient (Wildman–Crippen LogP) is 6.80. The van der Waals surface area contributed by atoms with E-state index in [0.29, 0.717) is 0 Å². The van der Waals surface area contributed by atoms with Gasteiger partial charge in [-0.25, -0.2) is 0 Å². The third-order valence-corrected chi connectivity index (χ3v) is 5.54. The van der Waals surface area contributed by atoms with Crippen LogP contribution in [0, 0.1) is 27.7 Å². The molecule has 33 heavy (non-hydrogen) atoms. The maximum Gasteiger partial charge on any atom is 0.0812 e. The number of nitrogens with zero attached hydrogens (tertiary/aromatic N) is 4. The highest BCUT2D eigenvalue weighted by molar-refractivity contribution is 5.81. The van der Waals surface area contributed by atoms with Gasteiger partial charge < -0.3 is 0 Å². The fraction of sp³-hybridized carbons (Fsp3) is 0.172. The van der Waals surface area contributed by atoms with E-state index in [1.807, 2.05) is 48.8 Å². The summed E-state index contributed by atoms with van der Waals surface area (Å²) in [6.45, 7) is 8.47. The first kappa shape index (κ1) is 22.3. The molecule has 0 N–H and O–H groups in total. The van der Waals surface area contributed by atoms with Crippen molar-refractivity contribution < 1.29 is 0 Å². The standard InChI is InChI=1S/C29H28N4/c1-20-13-24(14-21(2)28(20)32-18-26-9-5-7-11-30-26)17-25-15-22(3)29(23(4)16-25)33-19-27-10-6-8-12-31-27/h5-16,18-19H,17H2,1-4H3/b32-18+,33-19+. The molecule has 2 aromatic heterocycles. The molecule has 0 fully saturated rings. The Bertz CT molecular complexity index is 1160. The van der Waals surface area contributed by atoms with Gasteiger partial charge in [0, 0.05) is 12.4 Å². The summed E-state index contributed by atoms with van der Waals surface area (Å²) >= 11 is 0. The van der Waals surface area contributed by atoms with Crippen molar-refractivity contribution in [3.8, 4) is 0 Å². The molecule has 164 valence electrons. The Kier molecular flexibility index (Phi) is 6.84. The molecule has 0 spiro atoms. The van der Waals surface area contributed by atoms with E-state index in [-0.39, 0.29) is 0 Å². The highest BCUT2D eigenvalue weighted by Gasteiger charge is 2.08. The van der Waals surface area contributed by atoms with Gasteiger partial charge in [-0.3, -0.25) is 20.0 Å². The molecular formula is C29H28N4. The molecule has 0 atom stereocenters. The molecule has 0 aliphatic carbocycles. The van der Waals surface area contributed by atoms with Crippen molar-refractivity contribution in [2.75, 3.05) is 0 Å². The van der Waals surface area contributed by atoms with Crippen molar-refractivity contribution in [3.63, 3.8) is 0 Å². The molecule has 0 unspecified atom stereocenters. The van der Waals surface area contributed by atoms with Crippen LogP contribution in [0.15, 0.2) is 83.0 Å². The molecule has 0 saturated heterocycles. The molecule has 0 amide bonds. The Morgan fingerprint density at radius 2 is 1.00 bits per heavy atom. The van der Waals surface area contributed by atoms with E-state index in [9.17, 15) is 0 Å². The van der Waals surface area contributed by atoms with Crippen molar-refractivity contribution in [3.05, 3.63) is 118 Å². The van der Waals surface area contributed by atoms with Crippen LogP contribution in [0.1, 0.15) is 44.8 Å². The van der Waals surface area contributed by atoms with Gasteiger partial charge in [0.25, 0.3) is 0 Å². The van der Waals surface area contributed by atoms with Crippen LogP contribution in [0.5, 0.6) is 0 Å². The number of rotatable bonds is 6. The zero-order valence-electron chi connectivity index (χ0n) is 19.6. The fourth-order valence-electron chi connectivity index (χ4n) is 4.10. The number of aryl methyl sites for hydroxylation is 4. The summed E-state index contributed by atoms with van der Waals surface area (Å²) in [5.74, 6) is 0. The summed E-state index contributed by atoms with van der Waals surface area (Å²) in [6, 6.07) is 20.6. The van der Waals surface area contributed by atoms with E-state index in [4.69, 9.17) is 9.98 Å². The third-order valence-electron chi connectivity index (χ3n) is 5.54. The number of aliphatic imine (C=N–C) groups is 2. The lowest BCUT2D eigenvalue weighted by atomic mass is 9.96. The number of pyridine rings is 2. The third kappa shape index (κ3) is 5.66. The monoisotopic (exact) mass is 432 g/mol. The van der Waals surface area contributed by atoms with Crippen LogP contribution in [0.4, 0.5) is 11.4 Å². The van der Waals surface area contributed by atoms with E-state index in [0.717, 1.165) is 29.2 Å². The zero-order valence-corrected chi connectivity index (χ0v) is 19.6. The molecule has 0 radical (unpaired) electrons. The summed E-state index contributed by atoms with van der Waals surface area (Å²) in [6.07, 6.45) is 8.09. The maximum absolute atomic E-state index is 4.70. The van der Waals surface area contributed by atoms with E-state index < -0.39 is 0 Å². The van der Waals surface area contributed by atoms with Gasteiger partial charge in [-0.1, -0.05) is 36.4 Å². The average Bonchev–Trinajstić information content (AvgIpc) is 2.79. The van der Waals surface area contributed by atoms with Gasteiger partial charge in [-0.2, -0.15) is 0 Å². The molecule has 0 saturated carbocycles. The lowest BCUT2D eigenvalue weighted by molar-refractivity contribution is 1.14. The summed E-state index contributed by atoms with van der Waals surface area (Å²) in [5.41, 5.74) is 11.0. The van der Waals surface area contributed by atoms with Crippen molar-refractivity contribution in [1.29, 1.82) is 0 Å². The first-order valence-electron chi connectivity index (χ1n) is 11.1. The molecule has 2 aromatic carbocycles. The smallest absolute Gasteiger partial charge is 0.0812 e. The Morgan fingerprint density at radius 3 is 1.33 bits per heavy atom. The highest BCUT2D eigenvalue weighted by atomic mass is 14.8. The van der Waals surface area contributed by atoms with Gasteiger partial charge in [0.1, 0.15) is 0 Å². The second kappa shape index (κ2) is 10.1. The summed E-state index contributed by atoms with van der Waals surface area (Å²) in [4.78, 5) is 18.0. The first-order valence-corrected chi connectivity index (χ1v) is 11.1. The molecule has 0 aliphatic rings. The van der Waals surface area contributed by atoms with Crippen LogP contribution >= 0.6 is 0 Å². The quantitative estimate of drug-likeness (QED) is 0.315. The van der Waals surface area contributed by atoms with Crippen molar-refractivity contribution in [1.82, 2.24) is 9.97 Å². The molecule has 4 heteroatoms. The lowest BCUT2D eigenvalue weighted by Crippen LogP contribution is -1.95. The van der Waals surface area contributed by atoms with Crippen LogP contribution < -0.4 is 0 Å². The molecule has 4 nitrogen and oxygen atoms in total. The van der Waals surface area contributed by atoms with Gasteiger partial charge >= 0.3 is 0 Å². The lowest BCUT2D eigenvalue weighted by Gasteiger charge is -2.12. The Labute approximate surface area is 195 Å². The fourth-order valence-corrected chi connectivity index (χ4v) is 4.10. The van der Waals surface area contributed by atoms with Crippen molar-refractivity contribution in [2.45, 2.75) is 34.1 Å². The van der Waals surface area contributed by atoms with Gasteiger partial charge in [0.2, 0.25) is 0 Å². The summed E-state index contributed by atoms with van der Waals surface area (Å²) < 4.78 is 0. The zero-order chi connectivity index (χ0) is 23.2. The number of aromatic nitrogens is 2. The van der Waals surface area contributed by atoms with Gasteiger partial charge in [0.05, 0.1) is 35.2 Å². The maximum atomic E-state index is 4.70. The minimum atomic E-state index is 0.858. The van der Waals surface area contributed by atoms with E-state index in [2.05, 4.69) is 61.9 Å². The van der Waals surface area contributed by atoms with Crippen molar-refractivity contribution >= 4 is 23.8 Å². The molecular weight excluding hydrogens is 404 g/mol. The second-order valence-electron chi connectivity index (χ2n) is 8.36. The molecule has 0 aliphatic heterocycles. The van der Waals surface area contributed by atoms with E-state index in [1.54, 1.807) is 12.4 Å². The van der Waals surface area contributed by atoms with Crippen LogP contribution in [0.2, 0.25) is 0 Å². The number of benzene rings is 2. The SMILES string of the molecule is Cc1cc(Cc2cc(C)c(/N=C/c3ccccn3)c(C)c2)cc(C)c1/N=C/c1ccccn1. The highest BCUT2D eigenvalue weighted by Crippen LogP contribution is 2.29. The topological polar surface area (TPSA) is 50.5 Å². The largest absolute Gasteiger partial charge is 0.255 e. The molecule has 2 heterocycles. The average molecular weight is 433 g/mol. The molecule has 4 rings (SSSR count).